The maximum Gasteiger partial charge on any atom is 0.268 e. The van der Waals surface area contributed by atoms with Gasteiger partial charge < -0.3 is 0 Å². The van der Waals surface area contributed by atoms with E-state index in [2.05, 4.69) is 19.5 Å². The minimum absolute atomic E-state index is 0.372. The molecule has 0 radical (unpaired) electrons. The highest BCUT2D eigenvalue weighted by atomic mass is 14.4. The highest BCUT2D eigenvalue weighted by Gasteiger charge is 2.48. The molecule has 2 heteroatoms. The Morgan fingerprint density at radius 3 is 2.43 bits per heavy atom. The molecule has 1 spiro atoms. The third-order valence-corrected chi connectivity index (χ3v) is 4.28. The van der Waals surface area contributed by atoms with Crippen molar-refractivity contribution in [1.82, 2.24) is 0 Å². The lowest BCUT2D eigenvalue weighted by atomic mass is 9.25. The Morgan fingerprint density at radius 1 is 1.43 bits per heavy atom. The molecule has 0 aromatic heterocycles. The lowest BCUT2D eigenvalue weighted by molar-refractivity contribution is 0.185. The average Bonchev–Trinajstić information content (AvgIpc) is 2.14. The monoisotopic (exact) mass is 187 g/mol. The maximum absolute atomic E-state index is 8.78. The van der Waals surface area contributed by atoms with E-state index in [1.807, 2.05) is 0 Å². The first-order chi connectivity index (χ1) is 6.65. The number of hydrogen-bond acceptors (Lipinski definition) is 1. The molecule has 0 aromatic rings. The summed E-state index contributed by atoms with van der Waals surface area (Å²) in [7, 11) is 0. The highest BCUT2D eigenvalue weighted by molar-refractivity contribution is 6.70. The van der Waals surface area contributed by atoms with Crippen LogP contribution in [0.1, 0.15) is 32.6 Å². The van der Waals surface area contributed by atoms with Crippen LogP contribution in [0.3, 0.4) is 0 Å². The van der Waals surface area contributed by atoms with Gasteiger partial charge in [-0.15, -0.1) is 0 Å². The summed E-state index contributed by atoms with van der Waals surface area (Å²) in [5.74, 6) is 3.15. The van der Waals surface area contributed by atoms with E-state index in [1.54, 1.807) is 0 Å². The number of hydrogen-bond donors (Lipinski definition) is 0. The molecule has 1 aliphatic heterocycles. The van der Waals surface area contributed by atoms with Gasteiger partial charge in [0.05, 0.1) is 0 Å². The predicted molar refractivity (Wildman–Crippen MR) is 60.2 cm³/mol. The second-order valence-electron chi connectivity index (χ2n) is 5.35. The van der Waals surface area contributed by atoms with Gasteiger partial charge in [0.1, 0.15) is 0 Å². The van der Waals surface area contributed by atoms with Crippen molar-refractivity contribution in [3.63, 3.8) is 0 Å². The average molecular weight is 187 g/mol. The number of allylic oxidation sites excluding steroid dienone is 1. The molecule has 0 unspecified atom stereocenters. The van der Waals surface area contributed by atoms with E-state index in [9.17, 15) is 0 Å². The molecule has 1 aliphatic carbocycles. The van der Waals surface area contributed by atoms with Crippen LogP contribution in [0.15, 0.2) is 12.2 Å². The fraction of sp³-hybridized carbons (Fsp3) is 0.750. The maximum atomic E-state index is 8.78. The Bertz CT molecular complexity index is 273. The molecule has 1 saturated heterocycles. The highest BCUT2D eigenvalue weighted by Crippen LogP contribution is 2.54. The quantitative estimate of drug-likeness (QED) is 0.456. The smallest absolute Gasteiger partial charge is 0.213 e. The van der Waals surface area contributed by atoms with Crippen LogP contribution in [0.2, 0.25) is 12.6 Å². The molecular formula is C12H18BN. The van der Waals surface area contributed by atoms with Crippen molar-refractivity contribution in [3.8, 4) is 5.97 Å². The minimum atomic E-state index is 0.372. The van der Waals surface area contributed by atoms with Gasteiger partial charge in [0.25, 0.3) is 6.71 Å². The Hall–Kier alpha value is -0.705. The summed E-state index contributed by atoms with van der Waals surface area (Å²) in [4.78, 5) is 0. The first-order valence-corrected chi connectivity index (χ1v) is 5.70. The molecule has 1 heterocycles. The summed E-state index contributed by atoms with van der Waals surface area (Å²) >= 11 is 0. The Labute approximate surface area is 87.3 Å². The molecule has 14 heavy (non-hydrogen) atoms. The van der Waals surface area contributed by atoms with Crippen LogP contribution < -0.4 is 0 Å². The molecule has 1 nitrogen and oxygen atoms in total. The zero-order valence-electron chi connectivity index (χ0n) is 9.05. The molecule has 0 bridgehead atoms. The van der Waals surface area contributed by atoms with Crippen molar-refractivity contribution >= 4 is 6.71 Å². The molecule has 2 aliphatic rings. The van der Waals surface area contributed by atoms with E-state index in [4.69, 9.17) is 5.26 Å². The first kappa shape index (κ1) is 9.83. The minimum Gasteiger partial charge on any atom is -0.213 e. The van der Waals surface area contributed by atoms with Crippen molar-refractivity contribution in [3.05, 3.63) is 12.2 Å². The van der Waals surface area contributed by atoms with Crippen molar-refractivity contribution < 1.29 is 0 Å². The van der Waals surface area contributed by atoms with Crippen LogP contribution in [0.25, 0.3) is 0 Å². The van der Waals surface area contributed by atoms with E-state index in [-0.39, 0.29) is 0 Å². The SMILES string of the molecule is C=C(C)C1CCC2(CC1)CB(C#N)C2. The Balaban J connectivity index is 1.86. The lowest BCUT2D eigenvalue weighted by Crippen LogP contribution is -2.44. The van der Waals surface area contributed by atoms with Gasteiger partial charge in [-0.05, 0) is 43.9 Å². The van der Waals surface area contributed by atoms with Crippen LogP contribution in [0.5, 0.6) is 0 Å². The second kappa shape index (κ2) is 3.46. The molecule has 2 fully saturated rings. The zero-order valence-corrected chi connectivity index (χ0v) is 9.05. The van der Waals surface area contributed by atoms with Gasteiger partial charge in [0.15, 0.2) is 0 Å². The van der Waals surface area contributed by atoms with Gasteiger partial charge in [-0.3, -0.25) is 0 Å². The predicted octanol–water partition coefficient (Wildman–Crippen LogP) is 3.31. The van der Waals surface area contributed by atoms with Gasteiger partial charge in [-0.25, -0.2) is 5.26 Å². The molecule has 2 rings (SSSR count). The van der Waals surface area contributed by atoms with Crippen LogP contribution in [-0.4, -0.2) is 6.71 Å². The van der Waals surface area contributed by atoms with Crippen LogP contribution in [0.4, 0.5) is 0 Å². The summed E-state index contributed by atoms with van der Waals surface area (Å²) in [6.45, 7) is 6.58. The van der Waals surface area contributed by atoms with Gasteiger partial charge in [-0.1, -0.05) is 24.8 Å². The molecule has 1 saturated carbocycles. The Morgan fingerprint density at radius 2 is 2.00 bits per heavy atom. The number of rotatable bonds is 1. The standard InChI is InChI=1S/C12H18BN/c1-10(2)11-3-5-12(6-4-11)7-13(8-12)9-14/h11H,1,3-8H2,2H3. The largest absolute Gasteiger partial charge is 0.268 e. The summed E-state index contributed by atoms with van der Waals surface area (Å²) in [6, 6.07) is 0. The summed E-state index contributed by atoms with van der Waals surface area (Å²) in [5, 5.41) is 8.78. The normalized spacial score (nSPS) is 25.6. The summed E-state index contributed by atoms with van der Waals surface area (Å²) in [5.41, 5.74) is 1.93. The van der Waals surface area contributed by atoms with Crippen molar-refractivity contribution in [2.24, 2.45) is 11.3 Å². The van der Waals surface area contributed by atoms with Crippen LogP contribution in [0, 0.1) is 22.6 Å². The molecule has 0 amide bonds. The second-order valence-corrected chi connectivity index (χ2v) is 5.35. The summed E-state index contributed by atoms with van der Waals surface area (Å²) in [6.07, 6.45) is 7.64. The van der Waals surface area contributed by atoms with Crippen LogP contribution in [-0.2, 0) is 0 Å². The zero-order chi connectivity index (χ0) is 10.2. The van der Waals surface area contributed by atoms with Gasteiger partial charge in [-0.2, -0.15) is 0 Å². The molecule has 0 atom stereocenters. The Kier molecular flexibility index (Phi) is 2.43. The molecule has 0 aromatic carbocycles. The third kappa shape index (κ3) is 1.61. The van der Waals surface area contributed by atoms with Gasteiger partial charge in [0.2, 0.25) is 0 Å². The van der Waals surface area contributed by atoms with Crippen LogP contribution >= 0.6 is 0 Å². The fourth-order valence-corrected chi connectivity index (χ4v) is 3.21. The van der Waals surface area contributed by atoms with Crippen molar-refractivity contribution in [1.29, 1.82) is 5.26 Å². The number of nitriles is 1. The van der Waals surface area contributed by atoms with E-state index in [0.29, 0.717) is 12.1 Å². The van der Waals surface area contributed by atoms with Gasteiger partial charge in [0, 0.05) is 5.97 Å². The van der Waals surface area contributed by atoms with Gasteiger partial charge >= 0.3 is 0 Å². The van der Waals surface area contributed by atoms with E-state index < -0.39 is 0 Å². The van der Waals surface area contributed by atoms with E-state index in [0.717, 1.165) is 5.92 Å². The number of nitrogens with zero attached hydrogens (tertiary/aromatic N) is 1. The van der Waals surface area contributed by atoms with Crippen molar-refractivity contribution in [2.45, 2.75) is 45.2 Å². The van der Waals surface area contributed by atoms with E-state index in [1.165, 1.54) is 43.9 Å². The summed E-state index contributed by atoms with van der Waals surface area (Å²) < 4.78 is 0. The molecular weight excluding hydrogens is 169 g/mol. The lowest BCUT2D eigenvalue weighted by Gasteiger charge is -2.48. The van der Waals surface area contributed by atoms with Crippen molar-refractivity contribution in [2.75, 3.05) is 0 Å². The topological polar surface area (TPSA) is 23.8 Å². The fourth-order valence-electron chi connectivity index (χ4n) is 3.21. The molecule has 0 N–H and O–H groups in total. The third-order valence-electron chi connectivity index (χ3n) is 4.28. The molecule has 74 valence electrons. The van der Waals surface area contributed by atoms with E-state index >= 15 is 0 Å². The first-order valence-electron chi connectivity index (χ1n) is 5.70.